The molecule has 0 amide bonds. The minimum Gasteiger partial charge on any atom is -0.367 e. The smallest absolute Gasteiger partial charge is 0.293 e. The summed E-state index contributed by atoms with van der Waals surface area (Å²) in [4.78, 5) is 4.31. The summed E-state index contributed by atoms with van der Waals surface area (Å²) < 4.78 is 4.72. The molecule has 0 saturated carbocycles. The van der Waals surface area contributed by atoms with Gasteiger partial charge in [0, 0.05) is 17.7 Å². The Bertz CT molecular complexity index is 366. The molecule has 4 nitrogen and oxygen atoms in total. The lowest BCUT2D eigenvalue weighted by molar-refractivity contribution is 0.440. The van der Waals surface area contributed by atoms with Crippen molar-refractivity contribution in [1.82, 2.24) is 10.3 Å². The van der Waals surface area contributed by atoms with Crippen LogP contribution < -0.4 is 10.1 Å². The summed E-state index contributed by atoms with van der Waals surface area (Å²) in [5.74, 6) is 0.891. The molecule has 15 heavy (non-hydrogen) atoms. The number of hydrogen-bond acceptors (Lipinski definition) is 4. The first kappa shape index (κ1) is 9.94. The highest BCUT2D eigenvalue weighted by atomic mass is 16.5. The van der Waals surface area contributed by atoms with Crippen LogP contribution in [0.4, 0.5) is 0 Å². The number of nitrogens with one attached hydrogen (secondary N) is 1. The number of hydrogen-bond donors (Lipinski definition) is 1. The molecule has 1 saturated heterocycles. The lowest BCUT2D eigenvalue weighted by atomic mass is 9.94. The van der Waals surface area contributed by atoms with Gasteiger partial charge in [0.2, 0.25) is 5.88 Å². The van der Waals surface area contributed by atoms with Gasteiger partial charge in [-0.1, -0.05) is 6.07 Å². The fourth-order valence-corrected chi connectivity index (χ4v) is 1.88. The zero-order valence-corrected chi connectivity index (χ0v) is 8.44. The van der Waals surface area contributed by atoms with Gasteiger partial charge in [-0.3, -0.25) is 0 Å². The van der Waals surface area contributed by atoms with E-state index in [2.05, 4.69) is 10.3 Å². The quantitative estimate of drug-likeness (QED) is 0.738. The first-order chi connectivity index (χ1) is 7.40. The van der Waals surface area contributed by atoms with Gasteiger partial charge in [0.1, 0.15) is 0 Å². The van der Waals surface area contributed by atoms with E-state index < -0.39 is 0 Å². The van der Waals surface area contributed by atoms with E-state index in [1.54, 1.807) is 12.3 Å². The van der Waals surface area contributed by atoms with E-state index in [0.29, 0.717) is 11.8 Å². The molecule has 0 bridgehead atoms. The van der Waals surface area contributed by atoms with E-state index in [-0.39, 0.29) is 0 Å². The summed E-state index contributed by atoms with van der Waals surface area (Å²) >= 11 is 0. The first-order valence-corrected chi connectivity index (χ1v) is 5.14. The molecule has 2 heterocycles. The van der Waals surface area contributed by atoms with Gasteiger partial charge in [0.25, 0.3) is 6.26 Å². The Balaban J connectivity index is 2.13. The van der Waals surface area contributed by atoms with E-state index in [0.717, 1.165) is 31.6 Å². The van der Waals surface area contributed by atoms with Gasteiger partial charge >= 0.3 is 0 Å². The van der Waals surface area contributed by atoms with Crippen LogP contribution in [0, 0.1) is 11.5 Å². The van der Waals surface area contributed by atoms with Gasteiger partial charge in [0.05, 0.1) is 0 Å². The number of pyridine rings is 1. The largest absolute Gasteiger partial charge is 0.367 e. The molecule has 0 aromatic carbocycles. The summed E-state index contributed by atoms with van der Waals surface area (Å²) in [5.41, 5.74) is 1.03. The Morgan fingerprint density at radius 1 is 1.40 bits per heavy atom. The highest BCUT2D eigenvalue weighted by Crippen LogP contribution is 2.24. The van der Waals surface area contributed by atoms with Crippen molar-refractivity contribution in [3.8, 4) is 12.1 Å². The number of ether oxygens (including phenoxy) is 1. The van der Waals surface area contributed by atoms with E-state index in [1.807, 2.05) is 12.1 Å². The molecule has 0 spiro atoms. The molecule has 0 aliphatic carbocycles. The third kappa shape index (κ3) is 2.45. The molecule has 1 fully saturated rings. The van der Waals surface area contributed by atoms with Crippen LogP contribution in [0.3, 0.4) is 0 Å². The Morgan fingerprint density at radius 3 is 2.93 bits per heavy atom. The van der Waals surface area contributed by atoms with Crippen LogP contribution in [0.5, 0.6) is 5.88 Å². The monoisotopic (exact) mass is 203 g/mol. The molecular formula is C11H13N3O. The summed E-state index contributed by atoms with van der Waals surface area (Å²) in [6.07, 6.45) is 3.84. The maximum Gasteiger partial charge on any atom is 0.293 e. The standard InChI is InChI=1S/C11H13N3O/c12-8-15-11-3-1-2-10(14-11)9-4-6-13-7-5-9/h1-3,9,13H,4-7H2. The van der Waals surface area contributed by atoms with Crippen molar-refractivity contribution in [2.75, 3.05) is 13.1 Å². The van der Waals surface area contributed by atoms with Crippen molar-refractivity contribution in [3.63, 3.8) is 0 Å². The second-order valence-electron chi connectivity index (χ2n) is 3.62. The summed E-state index contributed by atoms with van der Waals surface area (Å²) in [7, 11) is 0. The molecule has 0 unspecified atom stereocenters. The normalized spacial score (nSPS) is 17.0. The molecule has 78 valence electrons. The number of rotatable bonds is 2. The van der Waals surface area contributed by atoms with Gasteiger partial charge in [0.15, 0.2) is 0 Å². The number of nitrogens with zero attached hydrogens (tertiary/aromatic N) is 2. The maximum absolute atomic E-state index is 8.40. The predicted molar refractivity (Wildman–Crippen MR) is 55.3 cm³/mol. The predicted octanol–water partition coefficient (Wildman–Crippen LogP) is 1.41. The first-order valence-electron chi connectivity index (χ1n) is 5.14. The van der Waals surface area contributed by atoms with Crippen LogP contribution in [0.15, 0.2) is 18.2 Å². The average Bonchev–Trinajstić information content (AvgIpc) is 2.31. The second-order valence-corrected chi connectivity index (χ2v) is 3.62. The Morgan fingerprint density at radius 2 is 2.20 bits per heavy atom. The topological polar surface area (TPSA) is 57.9 Å². The van der Waals surface area contributed by atoms with Crippen LogP contribution in [0.1, 0.15) is 24.5 Å². The number of nitriles is 1. The van der Waals surface area contributed by atoms with E-state index in [9.17, 15) is 0 Å². The minimum absolute atomic E-state index is 0.397. The highest BCUT2D eigenvalue weighted by molar-refractivity contribution is 5.19. The molecular weight excluding hydrogens is 190 g/mol. The third-order valence-electron chi connectivity index (χ3n) is 2.65. The molecule has 0 atom stereocenters. The van der Waals surface area contributed by atoms with E-state index in [4.69, 9.17) is 10.00 Å². The SMILES string of the molecule is N#COc1cccc(C2CCNCC2)n1. The maximum atomic E-state index is 8.40. The van der Waals surface area contributed by atoms with E-state index in [1.165, 1.54) is 0 Å². The Hall–Kier alpha value is -1.60. The fraction of sp³-hybridized carbons (Fsp3) is 0.455. The van der Waals surface area contributed by atoms with E-state index >= 15 is 0 Å². The highest BCUT2D eigenvalue weighted by Gasteiger charge is 2.16. The average molecular weight is 203 g/mol. The third-order valence-corrected chi connectivity index (χ3v) is 2.65. The molecule has 1 aliphatic heterocycles. The second kappa shape index (κ2) is 4.76. The fourth-order valence-electron chi connectivity index (χ4n) is 1.88. The summed E-state index contributed by atoms with van der Waals surface area (Å²) in [5, 5.41) is 11.7. The lowest BCUT2D eigenvalue weighted by Gasteiger charge is -2.21. The van der Waals surface area contributed by atoms with Crippen LogP contribution in [0.2, 0.25) is 0 Å². The minimum atomic E-state index is 0.397. The van der Waals surface area contributed by atoms with Gasteiger partial charge < -0.3 is 10.1 Å². The molecule has 1 N–H and O–H groups in total. The summed E-state index contributed by atoms with van der Waals surface area (Å²) in [6.45, 7) is 2.07. The van der Waals surface area contributed by atoms with Gasteiger partial charge in [-0.05, 0) is 32.0 Å². The van der Waals surface area contributed by atoms with Crippen LogP contribution in [-0.4, -0.2) is 18.1 Å². The molecule has 4 heteroatoms. The van der Waals surface area contributed by atoms with Crippen molar-refractivity contribution in [1.29, 1.82) is 5.26 Å². The van der Waals surface area contributed by atoms with Gasteiger partial charge in [-0.25, -0.2) is 4.98 Å². The zero-order chi connectivity index (χ0) is 10.5. The molecule has 1 aromatic heterocycles. The number of piperidine rings is 1. The van der Waals surface area contributed by atoms with Crippen molar-refractivity contribution < 1.29 is 4.74 Å². The van der Waals surface area contributed by atoms with Crippen molar-refractivity contribution >= 4 is 0 Å². The van der Waals surface area contributed by atoms with Gasteiger partial charge in [-0.2, -0.15) is 0 Å². The van der Waals surface area contributed by atoms with Crippen LogP contribution in [-0.2, 0) is 0 Å². The van der Waals surface area contributed by atoms with Gasteiger partial charge in [-0.15, -0.1) is 5.26 Å². The molecule has 1 aliphatic rings. The Labute approximate surface area is 88.9 Å². The lowest BCUT2D eigenvalue weighted by Crippen LogP contribution is -2.27. The van der Waals surface area contributed by atoms with Crippen LogP contribution >= 0.6 is 0 Å². The molecule has 2 rings (SSSR count). The Kier molecular flexibility index (Phi) is 3.15. The zero-order valence-electron chi connectivity index (χ0n) is 8.44. The van der Waals surface area contributed by atoms with Crippen molar-refractivity contribution in [2.45, 2.75) is 18.8 Å². The van der Waals surface area contributed by atoms with Crippen molar-refractivity contribution in [2.24, 2.45) is 0 Å². The van der Waals surface area contributed by atoms with Crippen LogP contribution in [0.25, 0.3) is 0 Å². The molecule has 0 radical (unpaired) electrons. The van der Waals surface area contributed by atoms with Crippen molar-refractivity contribution in [3.05, 3.63) is 23.9 Å². The number of aromatic nitrogens is 1. The molecule has 1 aromatic rings. The summed E-state index contributed by atoms with van der Waals surface area (Å²) in [6, 6.07) is 5.59.